The number of hydrogen-bond acceptors (Lipinski definition) is 2. The molecule has 0 aromatic heterocycles. The van der Waals surface area contributed by atoms with E-state index in [1.54, 1.807) is 6.92 Å². The van der Waals surface area contributed by atoms with E-state index in [0.29, 0.717) is 5.92 Å². The van der Waals surface area contributed by atoms with Crippen molar-refractivity contribution < 1.29 is 15.0 Å². The molecule has 3 saturated carbocycles. The minimum absolute atomic E-state index is 0.239. The molecule has 15 heavy (non-hydrogen) atoms. The Labute approximate surface area is 90.5 Å². The van der Waals surface area contributed by atoms with Gasteiger partial charge < -0.3 is 10.2 Å². The van der Waals surface area contributed by atoms with Crippen LogP contribution in [-0.4, -0.2) is 22.3 Å². The molecular weight excluding hydrogens is 192 g/mol. The lowest BCUT2D eigenvalue weighted by Crippen LogP contribution is -2.42. The molecule has 3 rings (SSSR count). The molecule has 3 aliphatic rings. The summed E-state index contributed by atoms with van der Waals surface area (Å²) in [5.41, 5.74) is 0. The van der Waals surface area contributed by atoms with Gasteiger partial charge in [0, 0.05) is 0 Å². The Kier molecular flexibility index (Phi) is 3.01. The summed E-state index contributed by atoms with van der Waals surface area (Å²) in [7, 11) is 0. The van der Waals surface area contributed by atoms with Crippen LogP contribution in [0.15, 0.2) is 0 Å². The molecule has 0 heterocycles. The summed E-state index contributed by atoms with van der Waals surface area (Å²) in [4.78, 5) is 10.8. The van der Waals surface area contributed by atoms with Crippen molar-refractivity contribution in [3.8, 4) is 0 Å². The monoisotopic (exact) mass is 212 g/mol. The van der Waals surface area contributed by atoms with Crippen molar-refractivity contribution in [1.82, 2.24) is 0 Å². The Morgan fingerprint density at radius 3 is 2.27 bits per heavy atom. The summed E-state index contributed by atoms with van der Waals surface area (Å²) < 4.78 is 0. The first-order valence-corrected chi connectivity index (χ1v) is 6.00. The predicted molar refractivity (Wildman–Crippen MR) is 56.4 cm³/mol. The first-order valence-electron chi connectivity index (χ1n) is 6.00. The van der Waals surface area contributed by atoms with Crippen molar-refractivity contribution in [3.05, 3.63) is 0 Å². The average molecular weight is 212 g/mol. The third-order valence-electron chi connectivity index (χ3n) is 4.44. The van der Waals surface area contributed by atoms with Gasteiger partial charge in [-0.25, -0.2) is 0 Å². The fraction of sp³-hybridized carbons (Fsp3) is 0.917. The number of fused-ring (bicyclic) bond motifs is 3. The predicted octanol–water partition coefficient (Wildman–Crippen LogP) is 1.89. The third-order valence-corrected chi connectivity index (χ3v) is 4.44. The Balaban J connectivity index is 2.01. The van der Waals surface area contributed by atoms with Crippen LogP contribution in [0.2, 0.25) is 0 Å². The highest BCUT2D eigenvalue weighted by molar-refractivity contribution is 5.70. The SMILES string of the molecule is CC(C(=O)O)C(O)C1CC2CCC1CC2. The molecule has 3 fully saturated rings. The van der Waals surface area contributed by atoms with Gasteiger partial charge in [-0.1, -0.05) is 12.8 Å². The van der Waals surface area contributed by atoms with E-state index in [9.17, 15) is 9.90 Å². The van der Waals surface area contributed by atoms with Crippen LogP contribution < -0.4 is 0 Å². The highest BCUT2D eigenvalue weighted by Gasteiger charge is 2.41. The van der Waals surface area contributed by atoms with Gasteiger partial charge in [0.1, 0.15) is 0 Å². The Morgan fingerprint density at radius 1 is 1.27 bits per heavy atom. The third kappa shape index (κ3) is 2.03. The average Bonchev–Trinajstić information content (AvgIpc) is 2.28. The molecule has 0 aromatic rings. The van der Waals surface area contributed by atoms with E-state index >= 15 is 0 Å². The summed E-state index contributed by atoms with van der Waals surface area (Å²) in [6.07, 6.45) is 5.36. The molecule has 0 saturated heterocycles. The molecule has 0 amide bonds. The maximum atomic E-state index is 10.8. The summed E-state index contributed by atoms with van der Waals surface area (Å²) >= 11 is 0. The van der Waals surface area contributed by atoms with Gasteiger partial charge in [-0.05, 0) is 43.9 Å². The van der Waals surface area contributed by atoms with Crippen LogP contribution in [0.5, 0.6) is 0 Å². The van der Waals surface area contributed by atoms with Gasteiger partial charge in [0.15, 0.2) is 0 Å². The molecule has 3 nitrogen and oxygen atoms in total. The highest BCUT2D eigenvalue weighted by atomic mass is 16.4. The molecule has 2 bridgehead atoms. The minimum Gasteiger partial charge on any atom is -0.481 e. The molecule has 86 valence electrons. The normalized spacial score (nSPS) is 38.7. The quantitative estimate of drug-likeness (QED) is 0.751. The number of carboxylic acids is 1. The van der Waals surface area contributed by atoms with E-state index < -0.39 is 18.0 Å². The molecule has 0 aliphatic heterocycles. The molecule has 0 aromatic carbocycles. The smallest absolute Gasteiger partial charge is 0.308 e. The number of aliphatic hydroxyl groups is 1. The zero-order chi connectivity index (χ0) is 11.0. The van der Waals surface area contributed by atoms with Gasteiger partial charge in [-0.3, -0.25) is 4.79 Å². The number of rotatable bonds is 3. The molecular formula is C12H20O3. The second-order valence-corrected chi connectivity index (χ2v) is 5.30. The zero-order valence-electron chi connectivity index (χ0n) is 9.22. The van der Waals surface area contributed by atoms with Crippen molar-refractivity contribution >= 4 is 5.97 Å². The fourth-order valence-corrected chi connectivity index (χ4v) is 3.36. The Hall–Kier alpha value is -0.570. The van der Waals surface area contributed by atoms with E-state index in [-0.39, 0.29) is 5.92 Å². The van der Waals surface area contributed by atoms with Crippen LogP contribution in [0.4, 0.5) is 0 Å². The molecule has 3 aliphatic carbocycles. The summed E-state index contributed by atoms with van der Waals surface area (Å²) in [5.74, 6) is 0.0735. The minimum atomic E-state index is -0.871. The van der Waals surface area contributed by atoms with Crippen molar-refractivity contribution in [2.45, 2.75) is 45.1 Å². The van der Waals surface area contributed by atoms with Crippen molar-refractivity contribution in [2.24, 2.45) is 23.7 Å². The van der Waals surface area contributed by atoms with Crippen LogP contribution in [0.3, 0.4) is 0 Å². The highest BCUT2D eigenvalue weighted by Crippen LogP contribution is 2.47. The molecule has 3 atom stereocenters. The molecule has 2 N–H and O–H groups in total. The maximum absolute atomic E-state index is 10.8. The number of carbonyl (C=O) groups is 1. The number of hydrogen-bond donors (Lipinski definition) is 2. The molecule has 3 heteroatoms. The van der Waals surface area contributed by atoms with E-state index in [1.165, 1.54) is 25.7 Å². The zero-order valence-corrected chi connectivity index (χ0v) is 9.22. The Morgan fingerprint density at radius 2 is 1.87 bits per heavy atom. The van der Waals surface area contributed by atoms with Crippen LogP contribution in [-0.2, 0) is 4.79 Å². The van der Waals surface area contributed by atoms with Crippen LogP contribution >= 0.6 is 0 Å². The lowest BCUT2D eigenvalue weighted by Gasteiger charge is -2.45. The van der Waals surface area contributed by atoms with E-state index in [2.05, 4.69) is 0 Å². The van der Waals surface area contributed by atoms with Gasteiger partial charge in [0.05, 0.1) is 12.0 Å². The second-order valence-electron chi connectivity index (χ2n) is 5.30. The van der Waals surface area contributed by atoms with Gasteiger partial charge in [-0.2, -0.15) is 0 Å². The first-order chi connectivity index (χ1) is 7.09. The molecule has 3 unspecified atom stereocenters. The second kappa shape index (κ2) is 4.12. The number of aliphatic hydroxyl groups excluding tert-OH is 1. The summed E-state index contributed by atoms with van der Waals surface area (Å²) in [5, 5.41) is 18.9. The lowest BCUT2D eigenvalue weighted by molar-refractivity contribution is -0.148. The van der Waals surface area contributed by atoms with Gasteiger partial charge in [-0.15, -0.1) is 0 Å². The van der Waals surface area contributed by atoms with Crippen molar-refractivity contribution in [1.29, 1.82) is 0 Å². The maximum Gasteiger partial charge on any atom is 0.308 e. The van der Waals surface area contributed by atoms with Crippen molar-refractivity contribution in [2.75, 3.05) is 0 Å². The number of carboxylic acid groups (broad SMARTS) is 1. The van der Waals surface area contributed by atoms with E-state index in [1.807, 2.05) is 0 Å². The molecule has 0 spiro atoms. The fourth-order valence-electron chi connectivity index (χ4n) is 3.36. The topological polar surface area (TPSA) is 57.5 Å². The molecule has 0 radical (unpaired) electrons. The van der Waals surface area contributed by atoms with Gasteiger partial charge in [0.2, 0.25) is 0 Å². The standard InChI is InChI=1S/C12H20O3/c1-7(12(14)15)11(13)10-6-8-2-4-9(10)5-3-8/h7-11,13H,2-6H2,1H3,(H,14,15). The lowest BCUT2D eigenvalue weighted by atomic mass is 9.62. The van der Waals surface area contributed by atoms with E-state index in [4.69, 9.17) is 5.11 Å². The largest absolute Gasteiger partial charge is 0.481 e. The summed E-state index contributed by atoms with van der Waals surface area (Å²) in [6, 6.07) is 0. The summed E-state index contributed by atoms with van der Waals surface area (Å²) in [6.45, 7) is 1.62. The van der Waals surface area contributed by atoms with Crippen LogP contribution in [0, 0.1) is 23.7 Å². The van der Waals surface area contributed by atoms with Gasteiger partial charge in [0.25, 0.3) is 0 Å². The Bertz CT molecular complexity index is 243. The van der Waals surface area contributed by atoms with Crippen LogP contribution in [0.25, 0.3) is 0 Å². The van der Waals surface area contributed by atoms with E-state index in [0.717, 1.165) is 12.3 Å². The number of aliphatic carboxylic acids is 1. The van der Waals surface area contributed by atoms with Crippen LogP contribution in [0.1, 0.15) is 39.0 Å². The van der Waals surface area contributed by atoms with Crippen molar-refractivity contribution in [3.63, 3.8) is 0 Å². The first kappa shape index (κ1) is 10.9. The van der Waals surface area contributed by atoms with Gasteiger partial charge >= 0.3 is 5.97 Å².